The minimum atomic E-state index is -1.30. The number of carbonyl (C=O) groups is 5. The fraction of sp³-hybridized carbons (Fsp3) is 0.450. The van der Waals surface area contributed by atoms with Gasteiger partial charge in [0.1, 0.15) is 23.9 Å². The molecule has 0 saturated carbocycles. The van der Waals surface area contributed by atoms with Crippen LogP contribution in [-0.4, -0.2) is 75.5 Å². The van der Waals surface area contributed by atoms with E-state index in [0.717, 1.165) is 0 Å². The Morgan fingerprint density at radius 3 is 1.85 bits per heavy atom. The van der Waals surface area contributed by atoms with Crippen LogP contribution in [0.5, 0.6) is 5.75 Å². The fourth-order valence-electron chi connectivity index (χ4n) is 2.71. The molecule has 14 heteroatoms. The topological polar surface area (TPSA) is 214 Å². The molecule has 0 spiro atoms. The Hall–Kier alpha value is -2.97. The highest BCUT2D eigenvalue weighted by molar-refractivity contribution is 7.80. The highest BCUT2D eigenvalue weighted by Gasteiger charge is 2.29. The van der Waals surface area contributed by atoms with Crippen LogP contribution in [0.4, 0.5) is 0 Å². The van der Waals surface area contributed by atoms with E-state index in [1.165, 1.54) is 24.3 Å². The maximum atomic E-state index is 12.8. The molecule has 0 heterocycles. The lowest BCUT2D eigenvalue weighted by Crippen LogP contribution is -2.58. The number of aromatic hydroxyl groups is 1. The lowest BCUT2D eigenvalue weighted by molar-refractivity contribution is -0.141. The Labute approximate surface area is 207 Å². The van der Waals surface area contributed by atoms with E-state index in [-0.39, 0.29) is 36.5 Å². The van der Waals surface area contributed by atoms with E-state index < -0.39 is 53.8 Å². The van der Waals surface area contributed by atoms with E-state index in [4.69, 9.17) is 11.5 Å². The maximum Gasteiger partial charge on any atom is 0.327 e. The lowest BCUT2D eigenvalue weighted by atomic mass is 10.0. The largest absolute Gasteiger partial charge is 0.508 e. The van der Waals surface area contributed by atoms with Crippen molar-refractivity contribution in [1.82, 2.24) is 16.0 Å². The molecule has 1 rings (SSSR count). The summed E-state index contributed by atoms with van der Waals surface area (Å²) in [7, 11) is 0. The van der Waals surface area contributed by atoms with Crippen molar-refractivity contribution in [2.75, 3.05) is 11.5 Å². The van der Waals surface area contributed by atoms with E-state index in [0.29, 0.717) is 5.56 Å². The molecule has 0 aliphatic rings. The van der Waals surface area contributed by atoms with Crippen molar-refractivity contribution in [3.63, 3.8) is 0 Å². The quantitative estimate of drug-likeness (QED) is 0.125. The standard InChI is InChI=1S/C20H29N5O7S2/c21-12(5-6-16(22)27)17(28)24-14(8-33)19(30)23-13(7-10-1-3-11(26)4-2-10)18(29)25-15(9-34)20(31)32/h1-4,12-15,26,33-34H,5-9,21H2,(H2,22,27)(H,23,30)(H,24,28)(H,25,29)(H,31,32). The number of amides is 4. The summed E-state index contributed by atoms with van der Waals surface area (Å²) < 4.78 is 0. The smallest absolute Gasteiger partial charge is 0.327 e. The summed E-state index contributed by atoms with van der Waals surface area (Å²) in [4.78, 5) is 60.0. The number of thiol groups is 2. The van der Waals surface area contributed by atoms with Crippen molar-refractivity contribution in [1.29, 1.82) is 0 Å². The highest BCUT2D eigenvalue weighted by atomic mass is 32.1. The minimum Gasteiger partial charge on any atom is -0.508 e. The Bertz CT molecular complexity index is 885. The van der Waals surface area contributed by atoms with E-state index >= 15 is 0 Å². The molecule has 1 aromatic rings. The number of phenolic OH excluding ortho intramolecular Hbond substituents is 1. The second-order valence-electron chi connectivity index (χ2n) is 7.37. The number of nitrogens with two attached hydrogens (primary N) is 2. The molecule has 188 valence electrons. The average molecular weight is 516 g/mol. The summed E-state index contributed by atoms with van der Waals surface area (Å²) in [6.07, 6.45) is -0.173. The molecular formula is C20H29N5O7S2. The molecule has 9 N–H and O–H groups in total. The summed E-state index contributed by atoms with van der Waals surface area (Å²) >= 11 is 7.96. The first kappa shape index (κ1) is 29.1. The second kappa shape index (κ2) is 14.3. The Morgan fingerprint density at radius 1 is 0.853 bits per heavy atom. The molecule has 4 unspecified atom stereocenters. The molecule has 0 aliphatic heterocycles. The van der Waals surface area contributed by atoms with Crippen LogP contribution in [0.3, 0.4) is 0 Å². The first-order valence-electron chi connectivity index (χ1n) is 10.2. The number of phenols is 1. The molecule has 4 atom stereocenters. The van der Waals surface area contributed by atoms with Crippen LogP contribution in [0.1, 0.15) is 18.4 Å². The number of rotatable bonds is 14. The van der Waals surface area contributed by atoms with Crippen molar-refractivity contribution >= 4 is 54.9 Å². The number of aliphatic carboxylic acids is 1. The highest BCUT2D eigenvalue weighted by Crippen LogP contribution is 2.12. The summed E-state index contributed by atoms with van der Waals surface area (Å²) in [5.41, 5.74) is 11.3. The zero-order chi connectivity index (χ0) is 25.8. The van der Waals surface area contributed by atoms with Gasteiger partial charge in [0.25, 0.3) is 0 Å². The number of nitrogens with one attached hydrogen (secondary N) is 3. The SMILES string of the molecule is NC(=O)CCC(N)C(=O)NC(CS)C(=O)NC(Cc1ccc(O)cc1)C(=O)NC(CS)C(=O)O. The number of carboxylic acid groups (broad SMARTS) is 1. The van der Waals surface area contributed by atoms with Crippen LogP contribution in [0.25, 0.3) is 0 Å². The summed E-state index contributed by atoms with van der Waals surface area (Å²) in [5, 5.41) is 25.8. The van der Waals surface area contributed by atoms with Gasteiger partial charge in [0.2, 0.25) is 23.6 Å². The Balaban J connectivity index is 2.97. The van der Waals surface area contributed by atoms with Gasteiger partial charge in [-0.3, -0.25) is 19.2 Å². The predicted molar refractivity (Wildman–Crippen MR) is 129 cm³/mol. The molecule has 12 nitrogen and oxygen atoms in total. The monoisotopic (exact) mass is 515 g/mol. The van der Waals surface area contributed by atoms with Gasteiger partial charge in [0, 0.05) is 24.3 Å². The van der Waals surface area contributed by atoms with Crippen LogP contribution in [0.2, 0.25) is 0 Å². The van der Waals surface area contributed by atoms with Gasteiger partial charge in [-0.25, -0.2) is 4.79 Å². The molecule has 1 aromatic carbocycles. The van der Waals surface area contributed by atoms with E-state index in [2.05, 4.69) is 41.2 Å². The zero-order valence-electron chi connectivity index (χ0n) is 18.1. The van der Waals surface area contributed by atoms with Crippen molar-refractivity contribution in [3.05, 3.63) is 29.8 Å². The number of primary amides is 1. The van der Waals surface area contributed by atoms with Crippen LogP contribution in [0, 0.1) is 0 Å². The predicted octanol–water partition coefficient (Wildman–Crippen LogP) is -2.07. The van der Waals surface area contributed by atoms with Gasteiger partial charge in [-0.1, -0.05) is 12.1 Å². The van der Waals surface area contributed by atoms with Gasteiger partial charge >= 0.3 is 5.97 Å². The fourth-order valence-corrected chi connectivity index (χ4v) is 3.21. The number of hydrogen-bond donors (Lipinski definition) is 9. The van der Waals surface area contributed by atoms with Crippen molar-refractivity contribution in [2.24, 2.45) is 11.5 Å². The molecule has 0 fully saturated rings. The van der Waals surface area contributed by atoms with Gasteiger partial charge in [-0.05, 0) is 24.1 Å². The second-order valence-corrected chi connectivity index (χ2v) is 8.10. The first-order chi connectivity index (χ1) is 16.0. The molecule has 0 saturated heterocycles. The lowest BCUT2D eigenvalue weighted by Gasteiger charge is -2.24. The summed E-state index contributed by atoms with van der Waals surface area (Å²) in [6.45, 7) is 0. The van der Waals surface area contributed by atoms with Gasteiger partial charge in [-0.15, -0.1) is 0 Å². The van der Waals surface area contributed by atoms with Crippen molar-refractivity contribution < 1.29 is 34.2 Å². The molecule has 34 heavy (non-hydrogen) atoms. The van der Waals surface area contributed by atoms with Gasteiger partial charge in [0.05, 0.1) is 6.04 Å². The Morgan fingerprint density at radius 2 is 1.35 bits per heavy atom. The normalized spacial score (nSPS) is 14.2. The first-order valence-corrected chi connectivity index (χ1v) is 11.4. The molecule has 0 radical (unpaired) electrons. The Kier molecular flexibility index (Phi) is 12.2. The van der Waals surface area contributed by atoms with Gasteiger partial charge in [-0.2, -0.15) is 25.3 Å². The zero-order valence-corrected chi connectivity index (χ0v) is 19.9. The van der Waals surface area contributed by atoms with Crippen LogP contribution < -0.4 is 27.4 Å². The van der Waals surface area contributed by atoms with Crippen LogP contribution >= 0.6 is 25.3 Å². The van der Waals surface area contributed by atoms with Crippen LogP contribution in [-0.2, 0) is 30.4 Å². The van der Waals surface area contributed by atoms with Crippen LogP contribution in [0.15, 0.2) is 24.3 Å². The molecule has 4 amide bonds. The third-order valence-corrected chi connectivity index (χ3v) is 5.39. The molecule has 0 aliphatic carbocycles. The summed E-state index contributed by atoms with van der Waals surface area (Å²) in [6, 6.07) is 1.07. The molecule has 0 bridgehead atoms. The minimum absolute atomic E-state index is 0.000303. The third kappa shape index (κ3) is 9.89. The summed E-state index contributed by atoms with van der Waals surface area (Å²) in [5.74, 6) is -4.51. The van der Waals surface area contributed by atoms with E-state index in [1.54, 1.807) is 0 Å². The van der Waals surface area contributed by atoms with Gasteiger partial charge < -0.3 is 37.6 Å². The van der Waals surface area contributed by atoms with E-state index in [1.807, 2.05) is 0 Å². The van der Waals surface area contributed by atoms with E-state index in [9.17, 15) is 34.2 Å². The van der Waals surface area contributed by atoms with Crippen molar-refractivity contribution in [2.45, 2.75) is 43.4 Å². The molecule has 0 aromatic heterocycles. The average Bonchev–Trinajstić information content (AvgIpc) is 2.79. The maximum absolute atomic E-state index is 12.8. The van der Waals surface area contributed by atoms with Crippen molar-refractivity contribution in [3.8, 4) is 5.75 Å². The van der Waals surface area contributed by atoms with Gasteiger partial charge in [0.15, 0.2) is 0 Å². The number of carbonyl (C=O) groups excluding carboxylic acids is 4. The third-order valence-electron chi connectivity index (χ3n) is 4.66. The number of carboxylic acids is 1. The number of hydrogen-bond acceptors (Lipinski definition) is 9. The number of benzene rings is 1. The molecular weight excluding hydrogens is 486 g/mol.